The van der Waals surface area contributed by atoms with Gasteiger partial charge in [-0.2, -0.15) is 5.10 Å². The van der Waals surface area contributed by atoms with Crippen molar-refractivity contribution < 1.29 is 14.2 Å². The summed E-state index contributed by atoms with van der Waals surface area (Å²) in [5.41, 5.74) is 2.65. The van der Waals surface area contributed by atoms with E-state index in [-0.39, 0.29) is 12.4 Å². The normalized spacial score (nSPS) is 12.5. The Labute approximate surface area is 178 Å². The number of para-hydroxylation sites is 1. The van der Waals surface area contributed by atoms with E-state index < -0.39 is 0 Å². The fourth-order valence-electron chi connectivity index (χ4n) is 3.70. The third-order valence-corrected chi connectivity index (χ3v) is 5.15. The molecular formula is C23H22N4O4. The second kappa shape index (κ2) is 7.79. The molecule has 158 valence electrons. The molecule has 0 bridgehead atoms. The first kappa shape index (κ1) is 19.2. The van der Waals surface area contributed by atoms with Crippen molar-refractivity contribution in [2.24, 2.45) is 0 Å². The molecule has 0 spiro atoms. The Hall–Kier alpha value is -3.81. The predicted molar refractivity (Wildman–Crippen MR) is 116 cm³/mol. The molecule has 1 aliphatic rings. The summed E-state index contributed by atoms with van der Waals surface area (Å²) in [5, 5.41) is 5.06. The summed E-state index contributed by atoms with van der Waals surface area (Å²) in [7, 11) is 0. The fourth-order valence-corrected chi connectivity index (χ4v) is 3.70. The number of aromatic amines is 1. The molecule has 0 aliphatic carbocycles. The van der Waals surface area contributed by atoms with E-state index in [0.717, 1.165) is 23.3 Å². The molecular weight excluding hydrogens is 396 g/mol. The summed E-state index contributed by atoms with van der Waals surface area (Å²) in [6, 6.07) is 13.3. The van der Waals surface area contributed by atoms with Gasteiger partial charge in [-0.1, -0.05) is 25.1 Å². The molecule has 2 aromatic heterocycles. The van der Waals surface area contributed by atoms with E-state index in [1.54, 1.807) is 4.68 Å². The highest BCUT2D eigenvalue weighted by atomic mass is 16.7. The molecule has 0 saturated carbocycles. The van der Waals surface area contributed by atoms with Gasteiger partial charge in [0.05, 0.1) is 24.4 Å². The minimum absolute atomic E-state index is 0.222. The average molecular weight is 418 g/mol. The lowest BCUT2D eigenvalue weighted by Gasteiger charge is -2.10. The number of benzene rings is 2. The Morgan fingerprint density at radius 2 is 2.00 bits per heavy atom. The second-order valence-electron chi connectivity index (χ2n) is 7.39. The van der Waals surface area contributed by atoms with Crippen molar-refractivity contribution in [3.63, 3.8) is 0 Å². The zero-order valence-corrected chi connectivity index (χ0v) is 17.3. The van der Waals surface area contributed by atoms with Gasteiger partial charge in [-0.3, -0.25) is 4.79 Å². The van der Waals surface area contributed by atoms with Gasteiger partial charge in [0, 0.05) is 0 Å². The van der Waals surface area contributed by atoms with Crippen LogP contribution in [0.15, 0.2) is 47.3 Å². The molecule has 0 saturated heterocycles. The first-order chi connectivity index (χ1) is 15.1. The quantitative estimate of drug-likeness (QED) is 0.514. The molecule has 8 heteroatoms. The number of hydrogen-bond acceptors (Lipinski definition) is 6. The van der Waals surface area contributed by atoms with Gasteiger partial charge in [0.1, 0.15) is 17.0 Å². The lowest BCUT2D eigenvalue weighted by Crippen LogP contribution is -2.12. The van der Waals surface area contributed by atoms with Gasteiger partial charge in [0.15, 0.2) is 17.1 Å². The van der Waals surface area contributed by atoms with Gasteiger partial charge in [-0.15, -0.1) is 0 Å². The molecule has 31 heavy (non-hydrogen) atoms. The van der Waals surface area contributed by atoms with Gasteiger partial charge in [-0.05, 0) is 43.2 Å². The molecule has 0 fully saturated rings. The van der Waals surface area contributed by atoms with Crippen LogP contribution in [0.5, 0.6) is 17.2 Å². The van der Waals surface area contributed by atoms with Gasteiger partial charge < -0.3 is 19.2 Å². The number of aromatic nitrogens is 4. The highest BCUT2D eigenvalue weighted by molar-refractivity contribution is 5.80. The molecule has 0 radical (unpaired) electrons. The summed E-state index contributed by atoms with van der Waals surface area (Å²) in [6.45, 7) is 5.12. The number of nitrogens with one attached hydrogen (secondary N) is 1. The second-order valence-corrected chi connectivity index (χ2v) is 7.39. The van der Waals surface area contributed by atoms with E-state index in [9.17, 15) is 4.79 Å². The van der Waals surface area contributed by atoms with Crippen LogP contribution in [0.3, 0.4) is 0 Å². The van der Waals surface area contributed by atoms with Crippen molar-refractivity contribution in [2.45, 2.75) is 26.8 Å². The Morgan fingerprint density at radius 3 is 2.87 bits per heavy atom. The van der Waals surface area contributed by atoms with Crippen LogP contribution in [0, 0.1) is 6.92 Å². The van der Waals surface area contributed by atoms with E-state index in [4.69, 9.17) is 19.2 Å². The molecule has 1 aliphatic heterocycles. The summed E-state index contributed by atoms with van der Waals surface area (Å²) in [6.07, 6.45) is 0.888. The number of fused-ring (bicyclic) bond motifs is 2. The molecule has 8 nitrogen and oxygen atoms in total. The first-order valence-corrected chi connectivity index (χ1v) is 10.2. The molecule has 5 rings (SSSR count). The Morgan fingerprint density at radius 1 is 1.16 bits per heavy atom. The minimum atomic E-state index is -0.222. The zero-order valence-electron chi connectivity index (χ0n) is 17.3. The molecule has 0 unspecified atom stereocenters. The van der Waals surface area contributed by atoms with E-state index in [1.807, 2.05) is 56.3 Å². The summed E-state index contributed by atoms with van der Waals surface area (Å²) < 4.78 is 18.5. The van der Waals surface area contributed by atoms with Crippen molar-refractivity contribution in [2.75, 3.05) is 13.4 Å². The Balaban J connectivity index is 1.59. The largest absolute Gasteiger partial charge is 0.493 e. The van der Waals surface area contributed by atoms with Crippen LogP contribution in [0.4, 0.5) is 0 Å². The molecule has 0 atom stereocenters. The smallest absolute Gasteiger partial charge is 0.262 e. The van der Waals surface area contributed by atoms with Crippen LogP contribution in [0.2, 0.25) is 0 Å². The van der Waals surface area contributed by atoms with E-state index in [0.29, 0.717) is 47.2 Å². The lowest BCUT2D eigenvalue weighted by molar-refractivity contribution is 0.174. The third kappa shape index (κ3) is 3.50. The number of nitrogens with zero attached hydrogens (tertiary/aromatic N) is 3. The highest BCUT2D eigenvalue weighted by Gasteiger charge is 2.18. The van der Waals surface area contributed by atoms with Crippen molar-refractivity contribution >= 4 is 11.0 Å². The predicted octanol–water partition coefficient (Wildman–Crippen LogP) is 3.66. The molecule has 2 aromatic carbocycles. The van der Waals surface area contributed by atoms with Crippen molar-refractivity contribution in [1.29, 1.82) is 0 Å². The van der Waals surface area contributed by atoms with Crippen molar-refractivity contribution in [3.8, 4) is 28.6 Å². The van der Waals surface area contributed by atoms with Gasteiger partial charge in [0.25, 0.3) is 5.56 Å². The maximum absolute atomic E-state index is 12.9. The summed E-state index contributed by atoms with van der Waals surface area (Å²) >= 11 is 0. The van der Waals surface area contributed by atoms with Crippen molar-refractivity contribution in [1.82, 2.24) is 19.7 Å². The van der Waals surface area contributed by atoms with Gasteiger partial charge >= 0.3 is 0 Å². The molecule has 1 N–H and O–H groups in total. The van der Waals surface area contributed by atoms with E-state index in [2.05, 4.69) is 10.1 Å². The zero-order chi connectivity index (χ0) is 21.4. The van der Waals surface area contributed by atoms with Gasteiger partial charge in [-0.25, -0.2) is 9.67 Å². The monoisotopic (exact) mass is 418 g/mol. The number of aryl methyl sites for hydroxylation is 1. The standard InChI is InChI=1S/C23H22N4O4/c1-3-10-29-17-7-5-4-6-16(17)21-24-22-20(23(28)25-21)14(2)26-27(22)12-15-8-9-18-19(11-15)31-13-30-18/h4-9,11H,3,10,12-13H2,1-2H3,(H,24,25,28). The first-order valence-electron chi connectivity index (χ1n) is 10.2. The molecule has 0 amide bonds. The number of H-pyrrole nitrogens is 1. The van der Waals surface area contributed by atoms with E-state index >= 15 is 0 Å². The van der Waals surface area contributed by atoms with Crippen LogP contribution >= 0.6 is 0 Å². The maximum Gasteiger partial charge on any atom is 0.262 e. The van der Waals surface area contributed by atoms with Crippen LogP contribution in [-0.2, 0) is 6.54 Å². The molecule has 4 aromatic rings. The molecule has 3 heterocycles. The van der Waals surface area contributed by atoms with Crippen LogP contribution in [-0.4, -0.2) is 33.1 Å². The average Bonchev–Trinajstić information content (AvgIpc) is 3.36. The number of rotatable bonds is 6. The topological polar surface area (TPSA) is 91.3 Å². The maximum atomic E-state index is 12.9. The summed E-state index contributed by atoms with van der Waals surface area (Å²) in [5.74, 6) is 2.58. The minimum Gasteiger partial charge on any atom is -0.493 e. The number of hydrogen-bond donors (Lipinski definition) is 1. The fraction of sp³-hybridized carbons (Fsp3) is 0.261. The Bertz CT molecular complexity index is 1330. The van der Waals surface area contributed by atoms with Crippen LogP contribution < -0.4 is 19.8 Å². The SMILES string of the molecule is CCCOc1ccccc1-c1nc2c(c(C)nn2Cc2ccc3c(c2)OCO3)c(=O)[nH]1. The Kier molecular flexibility index (Phi) is 4.82. The van der Waals surface area contributed by atoms with Crippen LogP contribution in [0.1, 0.15) is 24.6 Å². The summed E-state index contributed by atoms with van der Waals surface area (Å²) in [4.78, 5) is 20.6. The van der Waals surface area contributed by atoms with Gasteiger partial charge in [0.2, 0.25) is 6.79 Å². The third-order valence-electron chi connectivity index (χ3n) is 5.15. The van der Waals surface area contributed by atoms with Crippen LogP contribution in [0.25, 0.3) is 22.4 Å². The number of ether oxygens (including phenoxy) is 3. The highest BCUT2D eigenvalue weighted by Crippen LogP contribution is 2.33. The van der Waals surface area contributed by atoms with Crippen molar-refractivity contribution in [3.05, 3.63) is 64.1 Å². The lowest BCUT2D eigenvalue weighted by atomic mass is 10.2. The van der Waals surface area contributed by atoms with E-state index in [1.165, 1.54) is 0 Å².